The van der Waals surface area contributed by atoms with Crippen LogP contribution >= 0.6 is 65.6 Å². The molecule has 1 aromatic carbocycles. The summed E-state index contributed by atoms with van der Waals surface area (Å²) in [4.78, 5) is 16.1. The van der Waals surface area contributed by atoms with E-state index in [1.807, 2.05) is 0 Å². The summed E-state index contributed by atoms with van der Waals surface area (Å²) in [6.07, 6.45) is -0.228. The first-order valence-electron chi connectivity index (χ1n) is 4.37. The fourth-order valence-electron chi connectivity index (χ4n) is 0.719. The topological polar surface area (TPSA) is 98.0 Å². The van der Waals surface area contributed by atoms with Gasteiger partial charge in [0.2, 0.25) is 0 Å². The Kier molecular flexibility index (Phi) is 8.18. The molecule has 0 aliphatic rings. The van der Waals surface area contributed by atoms with Crippen LogP contribution in [0.15, 0.2) is 0 Å². The quantitative estimate of drug-likeness (QED) is 0.200. The van der Waals surface area contributed by atoms with Crippen molar-refractivity contribution in [1.29, 1.82) is 0 Å². The zero-order valence-corrected chi connectivity index (χ0v) is 13.6. The van der Waals surface area contributed by atoms with Crippen molar-refractivity contribution in [1.82, 2.24) is 0 Å². The molecule has 0 aliphatic heterocycles. The van der Waals surface area contributed by atoms with Crippen molar-refractivity contribution in [2.24, 2.45) is 0 Å². The molecule has 0 unspecified atom stereocenters. The Balaban J connectivity index is 0.000000399. The third kappa shape index (κ3) is 6.15. The standard InChI is InChI=1S/C6H2Cl4O2.C2H6ClO3P/c7-1-2(8)4(10)6(12)5(11)3(1)9;3-1-2-7(4,5)6/h11-12H;1-2H2,(H2,4,5,6). The molecule has 0 aliphatic carbocycles. The molecule has 0 fully saturated rings. The van der Waals surface area contributed by atoms with E-state index in [-0.39, 0.29) is 32.1 Å². The highest BCUT2D eigenvalue weighted by atomic mass is 35.5. The highest BCUT2D eigenvalue weighted by molar-refractivity contribution is 7.51. The van der Waals surface area contributed by atoms with Crippen LogP contribution in [0.1, 0.15) is 0 Å². The lowest BCUT2D eigenvalue weighted by molar-refractivity contribution is 0.375. The third-order valence-corrected chi connectivity index (χ3v) is 4.63. The summed E-state index contributed by atoms with van der Waals surface area (Å²) in [6.45, 7) is 0. The Morgan fingerprint density at radius 1 is 0.842 bits per heavy atom. The number of phenolic OH excluding ortho intramolecular Hbond substituents is 2. The summed E-state index contributed by atoms with van der Waals surface area (Å²) in [5.74, 6) is -1.13. The predicted octanol–water partition coefficient (Wildman–Crippen LogP) is 4.11. The van der Waals surface area contributed by atoms with Crippen LogP contribution in [0.4, 0.5) is 0 Å². The van der Waals surface area contributed by atoms with Gasteiger partial charge in [-0.2, -0.15) is 0 Å². The smallest absolute Gasteiger partial charge is 0.326 e. The maximum atomic E-state index is 9.84. The molecular formula is C8H8Cl5O5P. The van der Waals surface area contributed by atoms with Gasteiger partial charge in [-0.15, -0.1) is 11.6 Å². The molecular weight excluding hydrogens is 384 g/mol. The van der Waals surface area contributed by atoms with Gasteiger partial charge in [0.25, 0.3) is 0 Å². The fourth-order valence-corrected chi connectivity index (χ4v) is 2.43. The molecule has 0 atom stereocenters. The van der Waals surface area contributed by atoms with Crippen LogP contribution in [0, 0.1) is 0 Å². The number of aromatic hydroxyl groups is 2. The average Bonchev–Trinajstić information content (AvgIpc) is 2.31. The summed E-state index contributed by atoms with van der Waals surface area (Å²) in [6, 6.07) is 0. The van der Waals surface area contributed by atoms with Gasteiger partial charge in [0.05, 0.1) is 16.2 Å². The van der Waals surface area contributed by atoms with Crippen molar-refractivity contribution in [2.45, 2.75) is 0 Å². The fraction of sp³-hybridized carbons (Fsp3) is 0.250. The third-order valence-electron chi connectivity index (χ3n) is 1.59. The minimum absolute atomic E-state index is 0.0181. The second-order valence-electron chi connectivity index (χ2n) is 3.03. The summed E-state index contributed by atoms with van der Waals surface area (Å²) in [5, 5.41) is 17.6. The molecule has 0 heterocycles. The van der Waals surface area contributed by atoms with E-state index < -0.39 is 19.1 Å². The van der Waals surface area contributed by atoms with Gasteiger partial charge < -0.3 is 20.0 Å². The number of halogens is 5. The molecule has 0 aromatic heterocycles. The Morgan fingerprint density at radius 3 is 1.32 bits per heavy atom. The van der Waals surface area contributed by atoms with Gasteiger partial charge in [-0.25, -0.2) is 0 Å². The van der Waals surface area contributed by atoms with Crippen molar-refractivity contribution < 1.29 is 24.6 Å². The van der Waals surface area contributed by atoms with Crippen LogP contribution in [0.25, 0.3) is 0 Å². The molecule has 11 heteroatoms. The van der Waals surface area contributed by atoms with Crippen molar-refractivity contribution in [3.05, 3.63) is 20.1 Å². The Labute approximate surface area is 133 Å². The molecule has 1 rings (SSSR count). The molecule has 0 amide bonds. The lowest BCUT2D eigenvalue weighted by Gasteiger charge is -2.06. The van der Waals surface area contributed by atoms with Crippen LogP contribution in [0.2, 0.25) is 20.1 Å². The Morgan fingerprint density at radius 2 is 1.16 bits per heavy atom. The summed E-state index contributed by atoms with van der Waals surface area (Å²) >= 11 is 27.0. The Bertz CT molecular complexity index is 398. The average molecular weight is 392 g/mol. The molecule has 1 aromatic rings. The van der Waals surface area contributed by atoms with E-state index in [9.17, 15) is 4.57 Å². The van der Waals surface area contributed by atoms with Gasteiger partial charge in [0.15, 0.2) is 11.5 Å². The van der Waals surface area contributed by atoms with Crippen LogP contribution in [0.3, 0.4) is 0 Å². The van der Waals surface area contributed by atoms with Gasteiger partial charge in [0.1, 0.15) is 10.0 Å². The molecule has 0 saturated heterocycles. The Hall–Kier alpha value is 0.420. The SMILES string of the molecule is O=P(O)(O)CCCl.Oc1c(O)c(Cl)c(Cl)c(Cl)c1Cl. The van der Waals surface area contributed by atoms with Crippen molar-refractivity contribution in [3.63, 3.8) is 0 Å². The number of alkyl halides is 1. The van der Waals surface area contributed by atoms with E-state index in [0.29, 0.717) is 0 Å². The minimum Gasteiger partial charge on any atom is -0.503 e. The number of hydrogen-bond acceptors (Lipinski definition) is 3. The van der Waals surface area contributed by atoms with E-state index in [4.69, 9.17) is 78.0 Å². The first-order valence-corrected chi connectivity index (χ1v) is 8.21. The zero-order chi connectivity index (χ0) is 15.4. The van der Waals surface area contributed by atoms with E-state index in [1.165, 1.54) is 0 Å². The normalized spacial score (nSPS) is 10.9. The predicted molar refractivity (Wildman–Crippen MR) is 77.4 cm³/mol. The maximum absolute atomic E-state index is 9.84. The first-order chi connectivity index (χ1) is 8.52. The largest absolute Gasteiger partial charge is 0.503 e. The van der Waals surface area contributed by atoms with E-state index in [2.05, 4.69) is 0 Å². The number of phenols is 2. The van der Waals surface area contributed by atoms with Crippen LogP contribution in [-0.2, 0) is 4.57 Å². The van der Waals surface area contributed by atoms with Gasteiger partial charge in [0, 0.05) is 5.88 Å². The van der Waals surface area contributed by atoms with Crippen molar-refractivity contribution in [3.8, 4) is 11.5 Å². The zero-order valence-electron chi connectivity index (χ0n) is 8.95. The second-order valence-corrected chi connectivity index (χ2v) is 6.70. The second kappa shape index (κ2) is 8.01. The lowest BCUT2D eigenvalue weighted by Crippen LogP contribution is -1.86. The molecule has 4 N–H and O–H groups in total. The van der Waals surface area contributed by atoms with E-state index >= 15 is 0 Å². The van der Waals surface area contributed by atoms with E-state index in [0.717, 1.165) is 0 Å². The maximum Gasteiger partial charge on any atom is 0.326 e. The molecule has 0 radical (unpaired) electrons. The first kappa shape index (κ1) is 19.4. The summed E-state index contributed by atoms with van der Waals surface area (Å²) in [5.41, 5.74) is 0. The number of benzene rings is 1. The summed E-state index contributed by atoms with van der Waals surface area (Å²) in [7, 11) is -3.80. The molecule has 0 spiro atoms. The molecule has 110 valence electrons. The highest BCUT2D eigenvalue weighted by Crippen LogP contribution is 2.48. The highest BCUT2D eigenvalue weighted by Gasteiger charge is 2.18. The van der Waals surface area contributed by atoms with E-state index in [1.54, 1.807) is 0 Å². The minimum atomic E-state index is -3.80. The number of hydrogen-bond donors (Lipinski definition) is 4. The lowest BCUT2D eigenvalue weighted by atomic mass is 10.3. The van der Waals surface area contributed by atoms with Crippen LogP contribution in [0.5, 0.6) is 11.5 Å². The monoisotopic (exact) mass is 390 g/mol. The molecule has 19 heavy (non-hydrogen) atoms. The van der Waals surface area contributed by atoms with Crippen molar-refractivity contribution >= 4 is 65.6 Å². The molecule has 0 saturated carbocycles. The van der Waals surface area contributed by atoms with Gasteiger partial charge in [-0.3, -0.25) is 4.57 Å². The van der Waals surface area contributed by atoms with Crippen molar-refractivity contribution in [2.75, 3.05) is 12.0 Å². The van der Waals surface area contributed by atoms with Gasteiger partial charge in [-0.1, -0.05) is 46.4 Å². The molecule has 0 bridgehead atoms. The number of rotatable bonds is 2. The van der Waals surface area contributed by atoms with Gasteiger partial charge >= 0.3 is 7.60 Å². The summed E-state index contributed by atoms with van der Waals surface area (Å²) < 4.78 is 9.84. The van der Waals surface area contributed by atoms with Crippen LogP contribution in [-0.4, -0.2) is 32.0 Å². The van der Waals surface area contributed by atoms with Crippen LogP contribution < -0.4 is 0 Å². The molecule has 5 nitrogen and oxygen atoms in total. The van der Waals surface area contributed by atoms with Gasteiger partial charge in [-0.05, 0) is 0 Å².